The number of unbranched alkanes of at least 4 members (excludes halogenated alkanes) is 1. The number of nitrogens with two attached hydrogens (primary N) is 2. The maximum atomic E-state index is 14.7. The highest BCUT2D eigenvalue weighted by atomic mass is 33.1. The molecule has 10 atom stereocenters. The van der Waals surface area contributed by atoms with E-state index in [0.29, 0.717) is 24.0 Å². The lowest BCUT2D eigenvalue weighted by atomic mass is 10.0. The van der Waals surface area contributed by atoms with Gasteiger partial charge in [0.25, 0.3) is 0 Å². The van der Waals surface area contributed by atoms with Crippen LogP contribution in [0, 0.1) is 0 Å². The molecule has 20 nitrogen and oxygen atoms in total. The number of para-hydroxylation sites is 1. The maximum absolute atomic E-state index is 14.7. The van der Waals surface area contributed by atoms with E-state index in [-0.39, 0.29) is 43.7 Å². The van der Waals surface area contributed by atoms with E-state index in [4.69, 9.17) is 11.5 Å². The van der Waals surface area contributed by atoms with Crippen molar-refractivity contribution in [1.29, 1.82) is 0 Å². The first-order chi connectivity index (χ1) is 34.1. The van der Waals surface area contributed by atoms with Crippen LogP contribution < -0.4 is 48.7 Å². The van der Waals surface area contributed by atoms with Crippen LogP contribution in [-0.2, 0) is 52.8 Å². The number of amides is 7. The highest BCUT2D eigenvalue weighted by Crippen LogP contribution is 2.24. The molecule has 1 fully saturated rings. The van der Waals surface area contributed by atoms with Gasteiger partial charge in [-0.2, -0.15) is 0 Å². The van der Waals surface area contributed by atoms with Crippen molar-refractivity contribution >= 4 is 73.8 Å². The second-order valence-corrected chi connectivity index (χ2v) is 20.0. The molecule has 0 unspecified atom stereocenters. The Labute approximate surface area is 420 Å². The molecule has 1 aliphatic heterocycles. The van der Waals surface area contributed by atoms with Crippen molar-refractivity contribution < 1.29 is 48.9 Å². The lowest BCUT2D eigenvalue weighted by Crippen LogP contribution is -2.62. The number of aliphatic hydroxyl groups is 3. The Morgan fingerprint density at radius 2 is 1.31 bits per heavy atom. The van der Waals surface area contributed by atoms with Crippen molar-refractivity contribution in [3.63, 3.8) is 0 Å². The van der Waals surface area contributed by atoms with Gasteiger partial charge in [0.15, 0.2) is 0 Å². The normalized spacial score (nSPS) is 22.8. The molecule has 71 heavy (non-hydrogen) atoms. The maximum Gasteiger partial charge on any atom is 0.245 e. The Bertz CT molecular complexity index is 2400. The SMILES string of the molecule is C[C@@H](O)[C@H](CO)NC(=O)[C@@H]1CSSC[C@H](NC(=O)[C@H](N)Cc2ccccc2)C(=O)N[C@@H](Cc2ccccc2)C(=O)N[C@@H](Cc2c[nH]c3ccccc23)C(=O)N[C@@H](CCCCN)C(=O)N[C@@H]([C@@H](C)O)C(=O)N1. The molecule has 5 rings (SSSR count). The minimum atomic E-state index is -1.66. The molecule has 1 aromatic heterocycles. The molecule has 1 aliphatic rings. The molecule has 4 aromatic rings. The molecule has 15 N–H and O–H groups in total. The van der Waals surface area contributed by atoms with Gasteiger partial charge >= 0.3 is 0 Å². The minimum Gasteiger partial charge on any atom is -0.394 e. The lowest BCUT2D eigenvalue weighted by molar-refractivity contribution is -0.136. The molecule has 384 valence electrons. The summed E-state index contributed by atoms with van der Waals surface area (Å²) in [5.74, 6) is -6.01. The van der Waals surface area contributed by atoms with Gasteiger partial charge in [0, 0.05) is 41.4 Å². The number of aromatic amines is 1. The number of fused-ring (bicyclic) bond motifs is 1. The van der Waals surface area contributed by atoms with E-state index >= 15 is 0 Å². The predicted molar refractivity (Wildman–Crippen MR) is 272 cm³/mol. The van der Waals surface area contributed by atoms with Gasteiger partial charge in [0.2, 0.25) is 41.4 Å². The third kappa shape index (κ3) is 17.1. The Balaban J connectivity index is 1.56. The van der Waals surface area contributed by atoms with Crippen molar-refractivity contribution in [2.45, 2.75) is 113 Å². The Kier molecular flexibility index (Phi) is 22.2. The number of rotatable bonds is 17. The van der Waals surface area contributed by atoms with Crippen LogP contribution >= 0.6 is 21.6 Å². The summed E-state index contributed by atoms with van der Waals surface area (Å²) in [7, 11) is 2.06. The summed E-state index contributed by atoms with van der Waals surface area (Å²) in [5.41, 5.74) is 15.0. The minimum absolute atomic E-state index is 0.0340. The monoisotopic (exact) mass is 1020 g/mol. The molecule has 0 spiro atoms. The van der Waals surface area contributed by atoms with Gasteiger partial charge in [-0.05, 0) is 68.8 Å². The largest absolute Gasteiger partial charge is 0.394 e. The van der Waals surface area contributed by atoms with Crippen molar-refractivity contribution in [2.24, 2.45) is 11.5 Å². The summed E-state index contributed by atoms with van der Waals surface area (Å²) in [5, 5.41) is 50.5. The molecule has 2 heterocycles. The first kappa shape index (κ1) is 55.9. The first-order valence-corrected chi connectivity index (χ1v) is 26.0. The highest BCUT2D eigenvalue weighted by Gasteiger charge is 2.36. The number of carbonyl (C=O) groups excluding carboxylic acids is 7. The highest BCUT2D eigenvalue weighted by molar-refractivity contribution is 8.76. The van der Waals surface area contributed by atoms with Crippen LogP contribution in [0.15, 0.2) is 91.1 Å². The second-order valence-electron chi connectivity index (χ2n) is 17.5. The van der Waals surface area contributed by atoms with Gasteiger partial charge in [0.1, 0.15) is 36.3 Å². The van der Waals surface area contributed by atoms with Gasteiger partial charge in [-0.15, -0.1) is 0 Å². The van der Waals surface area contributed by atoms with E-state index in [1.165, 1.54) is 13.8 Å². The number of carbonyl (C=O) groups is 7. The third-order valence-electron chi connectivity index (χ3n) is 11.9. The third-order valence-corrected chi connectivity index (χ3v) is 14.3. The van der Waals surface area contributed by atoms with Gasteiger partial charge in [-0.1, -0.05) is 100 Å². The van der Waals surface area contributed by atoms with E-state index in [2.05, 4.69) is 42.2 Å². The van der Waals surface area contributed by atoms with Crippen molar-refractivity contribution in [3.05, 3.63) is 108 Å². The lowest BCUT2D eigenvalue weighted by Gasteiger charge is -2.29. The van der Waals surface area contributed by atoms with Crippen LogP contribution in [0.4, 0.5) is 0 Å². The quantitative estimate of drug-likeness (QED) is 0.0455. The fraction of sp³-hybridized carbons (Fsp3) is 0.449. The van der Waals surface area contributed by atoms with Gasteiger partial charge < -0.3 is 69.0 Å². The molecular weight excluding hydrogens is 953 g/mol. The zero-order valence-corrected chi connectivity index (χ0v) is 41.3. The summed E-state index contributed by atoms with van der Waals surface area (Å²) in [6, 6.07) is 14.6. The Hall–Kier alpha value is -6.01. The molecule has 0 radical (unpaired) electrons. The standard InChI is InChI=1S/C49H66N10O10S2/c1-28(61)39(25-60)56-48(68)41-27-71-70-26-40(57-43(63)34(51)21-30-13-5-3-6-14-30)47(67)54-37(22-31-15-7-4-8-16-31)45(65)55-38(23-32-24-52-35-18-10-9-17-33(32)35)46(66)53-36(19-11-12-20-50)44(64)59-42(29(2)62)49(69)58-41/h3-10,13-18,24,28-29,34,36-42,52,60-62H,11-12,19-23,25-27,50-51H2,1-2H3,(H,53,66)(H,54,67)(H,55,65)(H,56,68)(H,57,63)(H,58,69)(H,59,64)/t28-,29-,34-,36+,37+,38+,39+,40+,41+,42+/m1/s1. The number of nitrogens with one attached hydrogen (secondary N) is 8. The zero-order chi connectivity index (χ0) is 51.5. The van der Waals surface area contributed by atoms with Crippen molar-refractivity contribution in [2.75, 3.05) is 24.7 Å². The van der Waals surface area contributed by atoms with Crippen LogP contribution in [-0.4, -0.2) is 147 Å². The second kappa shape index (κ2) is 28.1. The van der Waals surface area contributed by atoms with Gasteiger partial charge in [-0.25, -0.2) is 0 Å². The summed E-state index contributed by atoms with van der Waals surface area (Å²) < 4.78 is 0. The van der Waals surface area contributed by atoms with E-state index < -0.39 is 108 Å². The van der Waals surface area contributed by atoms with E-state index in [0.717, 1.165) is 38.1 Å². The Morgan fingerprint density at radius 3 is 1.96 bits per heavy atom. The van der Waals surface area contributed by atoms with Crippen molar-refractivity contribution in [3.8, 4) is 0 Å². The van der Waals surface area contributed by atoms with Crippen molar-refractivity contribution in [1.82, 2.24) is 42.2 Å². The summed E-state index contributed by atoms with van der Waals surface area (Å²) in [6.07, 6.45) is -0.156. The van der Waals surface area contributed by atoms with E-state index in [1.54, 1.807) is 60.8 Å². The Morgan fingerprint density at radius 1 is 0.718 bits per heavy atom. The van der Waals surface area contributed by atoms with Gasteiger partial charge in [-0.3, -0.25) is 33.6 Å². The molecule has 22 heteroatoms. The molecule has 7 amide bonds. The fourth-order valence-corrected chi connectivity index (χ4v) is 10.1. The summed E-state index contributed by atoms with van der Waals surface area (Å²) >= 11 is 0. The first-order valence-electron chi connectivity index (χ1n) is 23.5. The summed E-state index contributed by atoms with van der Waals surface area (Å²) in [6.45, 7) is 2.23. The molecule has 0 saturated carbocycles. The van der Waals surface area contributed by atoms with Crippen LogP contribution in [0.2, 0.25) is 0 Å². The number of benzene rings is 3. The summed E-state index contributed by atoms with van der Waals surface area (Å²) in [4.78, 5) is 103. The number of hydrogen-bond donors (Lipinski definition) is 13. The van der Waals surface area contributed by atoms with Gasteiger partial charge in [0.05, 0.1) is 30.9 Å². The fourth-order valence-electron chi connectivity index (χ4n) is 7.73. The van der Waals surface area contributed by atoms with Crippen LogP contribution in [0.1, 0.15) is 49.8 Å². The van der Waals surface area contributed by atoms with E-state index in [1.807, 2.05) is 30.3 Å². The number of hydrogen-bond acceptors (Lipinski definition) is 14. The average Bonchev–Trinajstić information content (AvgIpc) is 3.76. The van der Waals surface area contributed by atoms with Crippen LogP contribution in [0.3, 0.4) is 0 Å². The van der Waals surface area contributed by atoms with Crippen LogP contribution in [0.25, 0.3) is 10.9 Å². The average molecular weight is 1020 g/mol. The topological polar surface area (TPSA) is 332 Å². The smallest absolute Gasteiger partial charge is 0.245 e. The molecule has 1 saturated heterocycles. The molecule has 3 aromatic carbocycles. The molecule has 0 bridgehead atoms. The zero-order valence-electron chi connectivity index (χ0n) is 39.7. The number of aromatic nitrogens is 1. The molecule has 0 aliphatic carbocycles. The molecular formula is C49H66N10O10S2. The number of H-pyrrole nitrogens is 1. The predicted octanol–water partition coefficient (Wildman–Crippen LogP) is -0.805. The number of aliphatic hydroxyl groups excluding tert-OH is 3. The van der Waals surface area contributed by atoms with Crippen LogP contribution in [0.5, 0.6) is 0 Å². The van der Waals surface area contributed by atoms with E-state index in [9.17, 15) is 48.9 Å².